The molecule has 0 saturated heterocycles. The van der Waals surface area contributed by atoms with Gasteiger partial charge in [-0.25, -0.2) is 0 Å². The summed E-state index contributed by atoms with van der Waals surface area (Å²) >= 11 is 1.40. The Labute approximate surface area is 96.6 Å². The molecule has 1 amide bonds. The first-order chi connectivity index (χ1) is 7.67. The van der Waals surface area contributed by atoms with Crippen LogP contribution in [0.25, 0.3) is 10.1 Å². The molecule has 5 heteroatoms. The van der Waals surface area contributed by atoms with Crippen molar-refractivity contribution < 1.29 is 4.79 Å². The first kappa shape index (κ1) is 10.6. The van der Waals surface area contributed by atoms with Crippen LogP contribution in [-0.2, 0) is 0 Å². The van der Waals surface area contributed by atoms with E-state index in [4.69, 9.17) is 11.1 Å². The lowest BCUT2D eigenvalue weighted by Gasteiger charge is -1.99. The smallest absolute Gasteiger partial charge is 0.261 e. The van der Waals surface area contributed by atoms with Gasteiger partial charge in [-0.15, -0.1) is 11.3 Å². The fraction of sp³-hybridized carbons (Fsp3) is 0.0909. The molecule has 0 atom stereocenters. The van der Waals surface area contributed by atoms with E-state index >= 15 is 0 Å². The van der Waals surface area contributed by atoms with Crippen molar-refractivity contribution in [3.63, 3.8) is 0 Å². The molecule has 0 unspecified atom stereocenters. The van der Waals surface area contributed by atoms with Crippen molar-refractivity contribution in [3.8, 4) is 0 Å². The van der Waals surface area contributed by atoms with E-state index < -0.39 is 0 Å². The second-order valence-corrected chi connectivity index (χ2v) is 4.40. The number of benzene rings is 1. The first-order valence-electron chi connectivity index (χ1n) is 4.72. The van der Waals surface area contributed by atoms with E-state index in [1.165, 1.54) is 17.6 Å². The summed E-state index contributed by atoms with van der Waals surface area (Å²) in [6.45, 7) is 0. The largest absolute Gasteiger partial charge is 0.398 e. The number of amides is 1. The number of carbonyl (C=O) groups is 1. The molecular formula is C11H11N3OS. The van der Waals surface area contributed by atoms with E-state index in [1.54, 1.807) is 19.2 Å². The lowest BCUT2D eigenvalue weighted by atomic mass is 10.1. The van der Waals surface area contributed by atoms with E-state index in [0.717, 1.165) is 10.1 Å². The minimum Gasteiger partial charge on any atom is -0.398 e. The van der Waals surface area contributed by atoms with Crippen molar-refractivity contribution in [2.75, 3.05) is 12.8 Å². The molecule has 4 nitrogen and oxygen atoms in total. The molecule has 1 heterocycles. The van der Waals surface area contributed by atoms with Gasteiger partial charge in [-0.3, -0.25) is 4.79 Å². The molecule has 1 aromatic heterocycles. The standard InChI is InChI=1S/C11H11N3OS/c1-14-11(15)9-4-7-8(16-9)3-2-6(5-12)10(7)13/h2-5,12H,13H2,1H3,(H,14,15). The van der Waals surface area contributed by atoms with Gasteiger partial charge in [0, 0.05) is 34.6 Å². The molecule has 0 bridgehead atoms. The average molecular weight is 233 g/mol. The van der Waals surface area contributed by atoms with Crippen molar-refractivity contribution in [2.45, 2.75) is 0 Å². The van der Waals surface area contributed by atoms with Crippen LogP contribution < -0.4 is 11.1 Å². The van der Waals surface area contributed by atoms with Gasteiger partial charge < -0.3 is 16.5 Å². The summed E-state index contributed by atoms with van der Waals surface area (Å²) in [7, 11) is 1.60. The normalized spacial score (nSPS) is 10.3. The molecule has 1 aromatic carbocycles. The number of nitrogen functional groups attached to an aromatic ring is 1. The number of fused-ring (bicyclic) bond motifs is 1. The molecule has 0 aliphatic carbocycles. The van der Waals surface area contributed by atoms with E-state index in [9.17, 15) is 4.79 Å². The van der Waals surface area contributed by atoms with Crippen molar-refractivity contribution in [2.24, 2.45) is 0 Å². The van der Waals surface area contributed by atoms with Crippen molar-refractivity contribution in [3.05, 3.63) is 28.6 Å². The highest BCUT2D eigenvalue weighted by Crippen LogP contribution is 2.31. The van der Waals surface area contributed by atoms with Gasteiger partial charge in [-0.05, 0) is 18.2 Å². The van der Waals surface area contributed by atoms with Crippen LogP contribution in [0.4, 0.5) is 5.69 Å². The third-order valence-electron chi connectivity index (χ3n) is 2.38. The third kappa shape index (κ3) is 1.55. The maximum absolute atomic E-state index is 11.5. The highest BCUT2D eigenvalue weighted by atomic mass is 32.1. The molecule has 0 radical (unpaired) electrons. The zero-order chi connectivity index (χ0) is 11.7. The average Bonchev–Trinajstić information content (AvgIpc) is 2.73. The van der Waals surface area contributed by atoms with E-state index in [0.29, 0.717) is 16.1 Å². The Morgan fingerprint density at radius 2 is 2.31 bits per heavy atom. The fourth-order valence-electron chi connectivity index (χ4n) is 1.51. The van der Waals surface area contributed by atoms with Crippen LogP contribution in [0.1, 0.15) is 15.2 Å². The highest BCUT2D eigenvalue weighted by molar-refractivity contribution is 7.20. The molecule has 0 aliphatic rings. The van der Waals surface area contributed by atoms with Gasteiger partial charge >= 0.3 is 0 Å². The van der Waals surface area contributed by atoms with E-state index in [2.05, 4.69) is 5.32 Å². The van der Waals surface area contributed by atoms with Crippen LogP contribution in [-0.4, -0.2) is 19.2 Å². The molecule has 82 valence electrons. The summed E-state index contributed by atoms with van der Waals surface area (Å²) in [4.78, 5) is 12.1. The molecule has 0 aliphatic heterocycles. The minimum absolute atomic E-state index is 0.114. The van der Waals surface area contributed by atoms with Gasteiger partial charge in [0.25, 0.3) is 5.91 Å². The number of thiophene rings is 1. The summed E-state index contributed by atoms with van der Waals surface area (Å²) in [6, 6.07) is 5.43. The lowest BCUT2D eigenvalue weighted by Crippen LogP contribution is -2.15. The second-order valence-electron chi connectivity index (χ2n) is 3.31. The number of hydrogen-bond acceptors (Lipinski definition) is 4. The Morgan fingerprint density at radius 1 is 1.56 bits per heavy atom. The maximum atomic E-state index is 11.5. The molecule has 2 aromatic rings. The van der Waals surface area contributed by atoms with Crippen molar-refractivity contribution in [1.82, 2.24) is 5.32 Å². The number of carbonyl (C=O) groups excluding carboxylic acids is 1. The Morgan fingerprint density at radius 3 is 2.94 bits per heavy atom. The van der Waals surface area contributed by atoms with Crippen LogP contribution in [0.5, 0.6) is 0 Å². The molecule has 16 heavy (non-hydrogen) atoms. The van der Waals surface area contributed by atoms with E-state index in [1.807, 2.05) is 6.07 Å². The summed E-state index contributed by atoms with van der Waals surface area (Å²) in [5.41, 5.74) is 7.14. The SMILES string of the molecule is CNC(=O)c1cc2c(N)c(C=N)ccc2s1. The predicted octanol–water partition coefficient (Wildman–Crippen LogP) is 1.84. The molecule has 0 fully saturated rings. The molecular weight excluding hydrogens is 222 g/mol. The Balaban J connectivity index is 2.66. The van der Waals surface area contributed by atoms with E-state index in [-0.39, 0.29) is 5.91 Å². The Hall–Kier alpha value is -1.88. The minimum atomic E-state index is -0.114. The second kappa shape index (κ2) is 3.94. The topological polar surface area (TPSA) is 79.0 Å². The van der Waals surface area contributed by atoms with Crippen LogP contribution in [0.2, 0.25) is 0 Å². The lowest BCUT2D eigenvalue weighted by molar-refractivity contribution is 0.0967. The number of rotatable bonds is 2. The fourth-order valence-corrected chi connectivity index (χ4v) is 2.53. The zero-order valence-corrected chi connectivity index (χ0v) is 9.52. The van der Waals surface area contributed by atoms with Crippen LogP contribution >= 0.6 is 11.3 Å². The Bertz CT molecular complexity index is 574. The molecule has 4 N–H and O–H groups in total. The summed E-state index contributed by atoms with van der Waals surface area (Å²) in [6.07, 6.45) is 1.21. The Kier molecular flexibility index (Phi) is 2.62. The summed E-state index contributed by atoms with van der Waals surface area (Å²) in [5, 5.41) is 10.6. The quantitative estimate of drug-likeness (QED) is 0.546. The van der Waals surface area contributed by atoms with Crippen molar-refractivity contribution in [1.29, 1.82) is 5.41 Å². The van der Waals surface area contributed by atoms with Gasteiger partial charge in [0.15, 0.2) is 0 Å². The number of hydrogen-bond donors (Lipinski definition) is 3. The van der Waals surface area contributed by atoms with Crippen LogP contribution in [0.3, 0.4) is 0 Å². The van der Waals surface area contributed by atoms with Gasteiger partial charge in [-0.1, -0.05) is 0 Å². The van der Waals surface area contributed by atoms with Crippen LogP contribution in [0, 0.1) is 5.41 Å². The first-order valence-corrected chi connectivity index (χ1v) is 5.53. The van der Waals surface area contributed by atoms with Gasteiger partial charge in [0.1, 0.15) is 0 Å². The zero-order valence-electron chi connectivity index (χ0n) is 8.70. The number of anilines is 1. The third-order valence-corrected chi connectivity index (χ3v) is 3.48. The molecule has 2 rings (SSSR count). The predicted molar refractivity (Wildman–Crippen MR) is 67.5 cm³/mol. The van der Waals surface area contributed by atoms with Crippen LogP contribution in [0.15, 0.2) is 18.2 Å². The molecule has 0 spiro atoms. The summed E-state index contributed by atoms with van der Waals surface area (Å²) in [5.74, 6) is -0.114. The highest BCUT2D eigenvalue weighted by Gasteiger charge is 2.11. The maximum Gasteiger partial charge on any atom is 0.261 e. The van der Waals surface area contributed by atoms with Gasteiger partial charge in [0.2, 0.25) is 0 Å². The number of nitrogens with one attached hydrogen (secondary N) is 2. The number of nitrogens with two attached hydrogens (primary N) is 1. The van der Waals surface area contributed by atoms with Gasteiger partial charge in [0.05, 0.1) is 4.88 Å². The summed E-state index contributed by atoms with van der Waals surface area (Å²) < 4.78 is 0.960. The molecule has 0 saturated carbocycles. The van der Waals surface area contributed by atoms with Gasteiger partial charge in [-0.2, -0.15) is 0 Å². The van der Waals surface area contributed by atoms with Crippen molar-refractivity contribution >= 4 is 39.2 Å². The monoisotopic (exact) mass is 233 g/mol.